The molecule has 64 valence electrons. The van der Waals surface area contributed by atoms with E-state index in [0.717, 1.165) is 26.2 Å². The van der Waals surface area contributed by atoms with Crippen LogP contribution in [0.15, 0.2) is 0 Å². The lowest BCUT2D eigenvalue weighted by atomic mass is 10.9. The Morgan fingerprint density at radius 1 is 1.27 bits per heavy atom. The van der Waals surface area contributed by atoms with Crippen molar-refractivity contribution in [2.24, 2.45) is 0 Å². The third-order valence-electron chi connectivity index (χ3n) is 1.86. The molecule has 0 aromatic heterocycles. The van der Waals surface area contributed by atoms with E-state index >= 15 is 0 Å². The van der Waals surface area contributed by atoms with Crippen LogP contribution in [0.1, 0.15) is 6.92 Å². The second kappa shape index (κ2) is 2.56. The second-order valence-corrected chi connectivity index (χ2v) is 5.19. The van der Waals surface area contributed by atoms with Crippen LogP contribution in [-0.4, -0.2) is 42.1 Å². The first-order chi connectivity index (χ1) is 5.27. The fraction of sp³-hybridized carbons (Fsp3) is 1.00. The maximum Gasteiger partial charge on any atom is 0.346 e. The molecule has 0 aliphatic carbocycles. The molecule has 4 nitrogen and oxygen atoms in total. The topological polar surface area (TPSA) is 32.3 Å². The fourth-order valence-corrected chi connectivity index (χ4v) is 3.32. The Kier molecular flexibility index (Phi) is 1.80. The van der Waals surface area contributed by atoms with Gasteiger partial charge in [-0.2, -0.15) is 0 Å². The quantitative estimate of drug-likeness (QED) is 0.467. The Morgan fingerprint density at radius 2 is 1.73 bits per heavy atom. The molecule has 2 rings (SSSR count). The second-order valence-electron chi connectivity index (χ2n) is 2.82. The standard InChI is InChI=1S/C6H13N2O2P/c1-2-10-11(9,7-3-4-7)8-5-6-8/h2-6H2,1H3. The average molecular weight is 176 g/mol. The van der Waals surface area contributed by atoms with Crippen LogP contribution in [0.5, 0.6) is 0 Å². The van der Waals surface area contributed by atoms with E-state index in [2.05, 4.69) is 0 Å². The van der Waals surface area contributed by atoms with E-state index in [1.54, 1.807) is 0 Å². The molecule has 11 heavy (non-hydrogen) atoms. The summed E-state index contributed by atoms with van der Waals surface area (Å²) in [5.74, 6) is 0. The molecule has 5 heteroatoms. The van der Waals surface area contributed by atoms with Crippen LogP contribution in [0, 0.1) is 0 Å². The van der Waals surface area contributed by atoms with Gasteiger partial charge in [0.15, 0.2) is 0 Å². The number of nitrogens with zero attached hydrogens (tertiary/aromatic N) is 2. The predicted octanol–water partition coefficient (Wildman–Crippen LogP) is 0.762. The van der Waals surface area contributed by atoms with Crippen molar-refractivity contribution in [1.82, 2.24) is 9.34 Å². The molecular formula is C6H13N2O2P. The van der Waals surface area contributed by atoms with Gasteiger partial charge >= 0.3 is 7.67 Å². The van der Waals surface area contributed by atoms with Gasteiger partial charge in [-0.25, -0.2) is 9.34 Å². The lowest BCUT2D eigenvalue weighted by Gasteiger charge is -2.18. The maximum atomic E-state index is 12.0. The average Bonchev–Trinajstić information content (AvgIpc) is 2.84. The minimum absolute atomic E-state index is 0.546. The van der Waals surface area contributed by atoms with E-state index in [0.29, 0.717) is 6.61 Å². The summed E-state index contributed by atoms with van der Waals surface area (Å²) >= 11 is 0. The van der Waals surface area contributed by atoms with Crippen LogP contribution < -0.4 is 0 Å². The van der Waals surface area contributed by atoms with Crippen LogP contribution >= 0.6 is 7.67 Å². The summed E-state index contributed by atoms with van der Waals surface area (Å²) in [7, 11) is -2.47. The molecule has 0 atom stereocenters. The molecule has 2 heterocycles. The largest absolute Gasteiger partial charge is 0.346 e. The monoisotopic (exact) mass is 176 g/mol. The highest BCUT2D eigenvalue weighted by Gasteiger charge is 2.48. The Bertz CT molecular complexity index is 185. The molecule has 2 aliphatic rings. The molecule has 2 fully saturated rings. The highest BCUT2D eigenvalue weighted by atomic mass is 31.2. The molecule has 0 unspecified atom stereocenters. The Labute approximate surface area is 66.7 Å². The van der Waals surface area contributed by atoms with Gasteiger partial charge in [-0.15, -0.1) is 0 Å². The molecule has 0 bridgehead atoms. The van der Waals surface area contributed by atoms with Gasteiger partial charge in [-0.1, -0.05) is 0 Å². The Balaban J connectivity index is 2.04. The lowest BCUT2D eigenvalue weighted by Crippen LogP contribution is -2.07. The highest BCUT2D eigenvalue weighted by Crippen LogP contribution is 2.60. The minimum atomic E-state index is -2.47. The van der Waals surface area contributed by atoms with Gasteiger partial charge in [0.2, 0.25) is 0 Å². The van der Waals surface area contributed by atoms with Crippen molar-refractivity contribution in [1.29, 1.82) is 0 Å². The first-order valence-corrected chi connectivity index (χ1v) is 5.56. The van der Waals surface area contributed by atoms with E-state index in [1.165, 1.54) is 0 Å². The van der Waals surface area contributed by atoms with Crippen molar-refractivity contribution in [3.63, 3.8) is 0 Å². The van der Waals surface area contributed by atoms with Crippen molar-refractivity contribution in [2.75, 3.05) is 32.8 Å². The zero-order valence-electron chi connectivity index (χ0n) is 6.69. The minimum Gasteiger partial charge on any atom is -0.306 e. The van der Waals surface area contributed by atoms with Gasteiger partial charge in [-0.05, 0) is 6.92 Å². The zero-order chi connectivity index (χ0) is 7.90. The van der Waals surface area contributed by atoms with Gasteiger partial charge in [0, 0.05) is 26.2 Å². The fourth-order valence-electron chi connectivity index (χ4n) is 1.11. The van der Waals surface area contributed by atoms with Crippen LogP contribution in [0.3, 0.4) is 0 Å². The summed E-state index contributed by atoms with van der Waals surface area (Å²) in [5, 5.41) is 0. The summed E-state index contributed by atoms with van der Waals surface area (Å²) in [6.07, 6.45) is 0. The van der Waals surface area contributed by atoms with Gasteiger partial charge in [-0.3, -0.25) is 4.57 Å². The van der Waals surface area contributed by atoms with E-state index in [-0.39, 0.29) is 0 Å². The molecule has 0 amide bonds. The maximum absolute atomic E-state index is 12.0. The molecule has 0 radical (unpaired) electrons. The molecule has 0 aromatic carbocycles. The van der Waals surface area contributed by atoms with E-state index in [1.807, 2.05) is 16.3 Å². The summed E-state index contributed by atoms with van der Waals surface area (Å²) in [5.41, 5.74) is 0. The summed E-state index contributed by atoms with van der Waals surface area (Å²) in [6.45, 7) is 6.19. The molecule has 0 aromatic rings. The predicted molar refractivity (Wildman–Crippen MR) is 42.4 cm³/mol. The van der Waals surface area contributed by atoms with Crippen LogP contribution in [-0.2, 0) is 9.09 Å². The third-order valence-corrected chi connectivity index (χ3v) is 4.68. The zero-order valence-corrected chi connectivity index (χ0v) is 7.59. The lowest BCUT2D eigenvalue weighted by molar-refractivity contribution is 0.289. The summed E-state index contributed by atoms with van der Waals surface area (Å²) in [4.78, 5) is 0. The normalized spacial score (nSPS) is 25.5. The van der Waals surface area contributed by atoms with Gasteiger partial charge in [0.05, 0.1) is 6.61 Å². The first-order valence-electron chi connectivity index (χ1n) is 4.03. The van der Waals surface area contributed by atoms with Crippen LogP contribution in [0.25, 0.3) is 0 Å². The third kappa shape index (κ3) is 1.36. The molecule has 0 saturated carbocycles. The van der Waals surface area contributed by atoms with Crippen molar-refractivity contribution < 1.29 is 9.09 Å². The van der Waals surface area contributed by atoms with E-state index < -0.39 is 7.67 Å². The van der Waals surface area contributed by atoms with Crippen molar-refractivity contribution in [3.05, 3.63) is 0 Å². The van der Waals surface area contributed by atoms with E-state index in [9.17, 15) is 4.57 Å². The number of hydrogen-bond donors (Lipinski definition) is 0. The molecule has 2 saturated heterocycles. The van der Waals surface area contributed by atoms with Crippen LogP contribution in [0.4, 0.5) is 0 Å². The van der Waals surface area contributed by atoms with E-state index in [4.69, 9.17) is 4.52 Å². The molecule has 0 N–H and O–H groups in total. The Morgan fingerprint density at radius 3 is 2.00 bits per heavy atom. The van der Waals surface area contributed by atoms with Gasteiger partial charge < -0.3 is 4.52 Å². The van der Waals surface area contributed by atoms with Crippen molar-refractivity contribution in [3.8, 4) is 0 Å². The highest BCUT2D eigenvalue weighted by molar-refractivity contribution is 7.54. The Hall–Kier alpha value is 0.110. The van der Waals surface area contributed by atoms with Gasteiger partial charge in [0.25, 0.3) is 0 Å². The number of rotatable bonds is 4. The molecule has 0 spiro atoms. The van der Waals surface area contributed by atoms with Gasteiger partial charge in [0.1, 0.15) is 0 Å². The molecule has 2 aliphatic heterocycles. The number of hydrogen-bond acceptors (Lipinski definition) is 2. The molecular weight excluding hydrogens is 163 g/mol. The summed E-state index contributed by atoms with van der Waals surface area (Å²) in [6, 6.07) is 0. The summed E-state index contributed by atoms with van der Waals surface area (Å²) < 4.78 is 21.1. The smallest absolute Gasteiger partial charge is 0.306 e. The van der Waals surface area contributed by atoms with Crippen molar-refractivity contribution in [2.45, 2.75) is 6.92 Å². The van der Waals surface area contributed by atoms with Crippen LogP contribution in [0.2, 0.25) is 0 Å². The first kappa shape index (κ1) is 7.74. The van der Waals surface area contributed by atoms with Crippen molar-refractivity contribution >= 4 is 7.67 Å². The SMILES string of the molecule is CCOP(=O)(N1CC1)N1CC1.